The lowest BCUT2D eigenvalue weighted by atomic mass is 9.96. The van der Waals surface area contributed by atoms with Crippen molar-refractivity contribution in [2.45, 2.75) is 46.0 Å². The molecule has 0 atom stereocenters. The lowest BCUT2D eigenvalue weighted by Gasteiger charge is -2.10. The SMILES string of the molecule is CC(=O)Nc1ccc(CC(=O)Nc2sc3c(c2C)CCCC3)cc1. The topological polar surface area (TPSA) is 58.2 Å². The van der Waals surface area contributed by atoms with Gasteiger partial charge in [-0.3, -0.25) is 9.59 Å². The fourth-order valence-electron chi connectivity index (χ4n) is 3.11. The molecule has 0 radical (unpaired) electrons. The fraction of sp³-hybridized carbons (Fsp3) is 0.368. The molecule has 1 aliphatic carbocycles. The molecule has 0 saturated heterocycles. The minimum Gasteiger partial charge on any atom is -0.326 e. The summed E-state index contributed by atoms with van der Waals surface area (Å²) in [5.41, 5.74) is 4.36. The molecule has 1 aliphatic rings. The van der Waals surface area contributed by atoms with E-state index >= 15 is 0 Å². The summed E-state index contributed by atoms with van der Waals surface area (Å²) >= 11 is 1.73. The first-order valence-electron chi connectivity index (χ1n) is 8.30. The molecular formula is C19H22N2O2S. The average Bonchev–Trinajstić information content (AvgIpc) is 2.85. The number of aryl methyl sites for hydroxylation is 1. The number of anilines is 2. The molecule has 0 fully saturated rings. The van der Waals surface area contributed by atoms with Crippen molar-refractivity contribution in [3.05, 3.63) is 45.8 Å². The van der Waals surface area contributed by atoms with Crippen LogP contribution in [-0.4, -0.2) is 11.8 Å². The Hall–Kier alpha value is -2.14. The summed E-state index contributed by atoms with van der Waals surface area (Å²) in [5.74, 6) is -0.0957. The maximum absolute atomic E-state index is 12.3. The van der Waals surface area contributed by atoms with E-state index in [0.29, 0.717) is 6.42 Å². The normalized spacial score (nSPS) is 13.2. The molecule has 24 heavy (non-hydrogen) atoms. The van der Waals surface area contributed by atoms with Crippen LogP contribution < -0.4 is 10.6 Å². The molecule has 2 amide bonds. The highest BCUT2D eigenvalue weighted by atomic mass is 32.1. The Labute approximate surface area is 146 Å². The van der Waals surface area contributed by atoms with E-state index in [-0.39, 0.29) is 11.8 Å². The summed E-state index contributed by atoms with van der Waals surface area (Å²) in [7, 11) is 0. The Morgan fingerprint density at radius 2 is 1.79 bits per heavy atom. The van der Waals surface area contributed by atoms with Crippen LogP contribution in [0.2, 0.25) is 0 Å². The van der Waals surface area contributed by atoms with E-state index in [1.54, 1.807) is 11.3 Å². The van der Waals surface area contributed by atoms with Crippen LogP contribution in [-0.2, 0) is 28.9 Å². The summed E-state index contributed by atoms with van der Waals surface area (Å²) in [5, 5.41) is 6.80. The quantitative estimate of drug-likeness (QED) is 0.880. The van der Waals surface area contributed by atoms with Gasteiger partial charge in [0.15, 0.2) is 0 Å². The zero-order valence-electron chi connectivity index (χ0n) is 14.1. The molecule has 0 aliphatic heterocycles. The van der Waals surface area contributed by atoms with Gasteiger partial charge in [-0.05, 0) is 61.4 Å². The minimum atomic E-state index is -0.0994. The van der Waals surface area contributed by atoms with Gasteiger partial charge in [0.2, 0.25) is 11.8 Å². The average molecular weight is 342 g/mol. The number of hydrogen-bond donors (Lipinski definition) is 2. The standard InChI is InChI=1S/C19H22N2O2S/c1-12-16-5-3-4-6-17(16)24-19(12)21-18(23)11-14-7-9-15(10-8-14)20-13(2)22/h7-10H,3-6,11H2,1-2H3,(H,20,22)(H,21,23). The smallest absolute Gasteiger partial charge is 0.229 e. The van der Waals surface area contributed by atoms with Crippen LogP contribution in [0.5, 0.6) is 0 Å². The van der Waals surface area contributed by atoms with E-state index in [9.17, 15) is 9.59 Å². The van der Waals surface area contributed by atoms with Gasteiger partial charge >= 0.3 is 0 Å². The van der Waals surface area contributed by atoms with Crippen LogP contribution in [0.1, 0.15) is 41.3 Å². The van der Waals surface area contributed by atoms with Crippen molar-refractivity contribution in [2.75, 3.05) is 10.6 Å². The number of carbonyl (C=O) groups is 2. The Morgan fingerprint density at radius 3 is 2.46 bits per heavy atom. The highest BCUT2D eigenvalue weighted by Crippen LogP contribution is 2.37. The lowest BCUT2D eigenvalue weighted by Crippen LogP contribution is -2.14. The molecule has 1 aromatic carbocycles. The number of carbonyl (C=O) groups excluding carboxylic acids is 2. The summed E-state index contributed by atoms with van der Waals surface area (Å²) in [6.07, 6.45) is 5.11. The highest BCUT2D eigenvalue weighted by Gasteiger charge is 2.19. The predicted octanol–water partition coefficient (Wildman–Crippen LogP) is 4.07. The third-order valence-corrected chi connectivity index (χ3v) is 5.64. The largest absolute Gasteiger partial charge is 0.326 e. The first kappa shape index (κ1) is 16.7. The molecule has 1 heterocycles. The van der Waals surface area contributed by atoms with Crippen LogP contribution in [0.4, 0.5) is 10.7 Å². The van der Waals surface area contributed by atoms with Gasteiger partial charge < -0.3 is 10.6 Å². The number of thiophene rings is 1. The molecule has 0 saturated carbocycles. The monoisotopic (exact) mass is 342 g/mol. The van der Waals surface area contributed by atoms with Crippen molar-refractivity contribution in [1.82, 2.24) is 0 Å². The minimum absolute atomic E-state index is 0.00368. The molecule has 0 spiro atoms. The zero-order valence-corrected chi connectivity index (χ0v) is 14.9. The van der Waals surface area contributed by atoms with E-state index in [1.165, 1.54) is 35.8 Å². The summed E-state index contributed by atoms with van der Waals surface area (Å²) in [4.78, 5) is 24.8. The van der Waals surface area contributed by atoms with Crippen molar-refractivity contribution in [3.8, 4) is 0 Å². The Kier molecular flexibility index (Phi) is 5.00. The summed E-state index contributed by atoms with van der Waals surface area (Å²) in [6, 6.07) is 7.38. The first-order chi connectivity index (χ1) is 11.5. The molecule has 2 aromatic rings. The van der Waals surface area contributed by atoms with Crippen LogP contribution >= 0.6 is 11.3 Å². The van der Waals surface area contributed by atoms with Gasteiger partial charge in [-0.15, -0.1) is 11.3 Å². The molecule has 0 unspecified atom stereocenters. The number of nitrogens with one attached hydrogen (secondary N) is 2. The maximum Gasteiger partial charge on any atom is 0.229 e. The number of rotatable bonds is 4. The van der Waals surface area contributed by atoms with Crippen molar-refractivity contribution < 1.29 is 9.59 Å². The second-order valence-corrected chi connectivity index (χ2v) is 7.37. The highest BCUT2D eigenvalue weighted by molar-refractivity contribution is 7.16. The Morgan fingerprint density at radius 1 is 1.08 bits per heavy atom. The third kappa shape index (κ3) is 3.85. The van der Waals surface area contributed by atoms with E-state index in [2.05, 4.69) is 17.6 Å². The van der Waals surface area contributed by atoms with Crippen LogP contribution in [0.25, 0.3) is 0 Å². The molecule has 3 rings (SSSR count). The van der Waals surface area contributed by atoms with Gasteiger partial charge in [-0.1, -0.05) is 12.1 Å². The van der Waals surface area contributed by atoms with Crippen molar-refractivity contribution in [2.24, 2.45) is 0 Å². The number of benzene rings is 1. The molecular weight excluding hydrogens is 320 g/mol. The Bertz CT molecular complexity index is 762. The molecule has 1 aromatic heterocycles. The summed E-state index contributed by atoms with van der Waals surface area (Å²) in [6.45, 7) is 3.59. The number of fused-ring (bicyclic) bond motifs is 1. The van der Waals surface area contributed by atoms with E-state index in [1.807, 2.05) is 24.3 Å². The van der Waals surface area contributed by atoms with Gasteiger partial charge in [0.1, 0.15) is 0 Å². The van der Waals surface area contributed by atoms with Gasteiger partial charge in [-0.25, -0.2) is 0 Å². The number of hydrogen-bond acceptors (Lipinski definition) is 3. The first-order valence-corrected chi connectivity index (χ1v) is 9.12. The molecule has 4 nitrogen and oxygen atoms in total. The predicted molar refractivity (Wildman–Crippen MR) is 98.8 cm³/mol. The maximum atomic E-state index is 12.3. The second-order valence-electron chi connectivity index (χ2n) is 6.27. The van der Waals surface area contributed by atoms with Crippen LogP contribution in [0.15, 0.2) is 24.3 Å². The van der Waals surface area contributed by atoms with Gasteiger partial charge in [0, 0.05) is 17.5 Å². The van der Waals surface area contributed by atoms with Crippen LogP contribution in [0.3, 0.4) is 0 Å². The second kappa shape index (κ2) is 7.18. The zero-order chi connectivity index (χ0) is 17.1. The van der Waals surface area contributed by atoms with Crippen LogP contribution in [0, 0.1) is 6.92 Å². The van der Waals surface area contributed by atoms with E-state index in [4.69, 9.17) is 0 Å². The third-order valence-electron chi connectivity index (χ3n) is 4.33. The summed E-state index contributed by atoms with van der Waals surface area (Å²) < 4.78 is 0. The fourth-order valence-corrected chi connectivity index (χ4v) is 4.42. The van der Waals surface area contributed by atoms with Gasteiger partial charge in [-0.2, -0.15) is 0 Å². The van der Waals surface area contributed by atoms with Crippen molar-refractivity contribution in [3.63, 3.8) is 0 Å². The molecule has 0 bridgehead atoms. The Balaban J connectivity index is 1.63. The molecule has 2 N–H and O–H groups in total. The van der Waals surface area contributed by atoms with Gasteiger partial charge in [0.05, 0.1) is 11.4 Å². The van der Waals surface area contributed by atoms with E-state index < -0.39 is 0 Å². The van der Waals surface area contributed by atoms with E-state index in [0.717, 1.165) is 29.1 Å². The van der Waals surface area contributed by atoms with Crippen molar-refractivity contribution >= 4 is 33.8 Å². The number of amides is 2. The molecule has 5 heteroatoms. The lowest BCUT2D eigenvalue weighted by molar-refractivity contribution is -0.116. The van der Waals surface area contributed by atoms with Crippen molar-refractivity contribution in [1.29, 1.82) is 0 Å². The van der Waals surface area contributed by atoms with Gasteiger partial charge in [0.25, 0.3) is 0 Å². The molecule has 126 valence electrons.